The molecule has 1 rings (SSSR count). The Morgan fingerprint density at radius 2 is 2.20 bits per heavy atom. The van der Waals surface area contributed by atoms with Crippen molar-refractivity contribution in [1.29, 1.82) is 0 Å². The number of nitrogens with zero attached hydrogens (tertiary/aromatic N) is 1. The minimum atomic E-state index is -0.513. The van der Waals surface area contributed by atoms with Gasteiger partial charge in [0.25, 0.3) is 0 Å². The van der Waals surface area contributed by atoms with Crippen molar-refractivity contribution >= 4 is 12.4 Å². The van der Waals surface area contributed by atoms with Gasteiger partial charge in [-0.2, -0.15) is 0 Å². The van der Waals surface area contributed by atoms with E-state index in [1.165, 1.54) is 0 Å². The number of amides is 1. The van der Waals surface area contributed by atoms with Crippen LogP contribution in [-0.2, 0) is 9.53 Å². The Balaban J connectivity index is 2.41. The summed E-state index contributed by atoms with van der Waals surface area (Å²) in [4.78, 5) is 22.0. The Labute approximate surface area is 89.7 Å². The van der Waals surface area contributed by atoms with Crippen molar-refractivity contribution in [2.45, 2.75) is 45.3 Å². The monoisotopic (exact) mass is 214 g/mol. The number of ether oxygens (including phenoxy) is 1. The maximum Gasteiger partial charge on any atom is 0.422 e. The largest absolute Gasteiger partial charge is 0.443 e. The molecule has 1 heterocycles. The zero-order valence-electron chi connectivity index (χ0n) is 9.45. The summed E-state index contributed by atoms with van der Waals surface area (Å²) in [6.45, 7) is 6.10. The number of aldehydes is 1. The molecule has 0 spiro atoms. The zero-order chi connectivity index (χ0) is 11.5. The van der Waals surface area contributed by atoms with Crippen LogP contribution >= 0.6 is 0 Å². The molecule has 1 N–H and O–H groups in total. The molecule has 1 aliphatic heterocycles. The fourth-order valence-corrected chi connectivity index (χ4v) is 1.49. The van der Waals surface area contributed by atoms with Crippen molar-refractivity contribution in [3.05, 3.63) is 0 Å². The lowest BCUT2D eigenvalue weighted by atomic mass is 10.2. The first-order chi connectivity index (χ1) is 6.92. The Kier molecular flexibility index (Phi) is 3.68. The van der Waals surface area contributed by atoms with Crippen molar-refractivity contribution in [2.24, 2.45) is 0 Å². The Morgan fingerprint density at radius 3 is 2.73 bits per heavy atom. The van der Waals surface area contributed by atoms with Gasteiger partial charge in [0.15, 0.2) is 0 Å². The average Bonchev–Trinajstić information content (AvgIpc) is 2.48. The first-order valence-corrected chi connectivity index (χ1v) is 5.14. The van der Waals surface area contributed by atoms with Crippen molar-refractivity contribution < 1.29 is 14.3 Å². The van der Waals surface area contributed by atoms with Crippen molar-refractivity contribution in [1.82, 2.24) is 10.4 Å². The third-order valence-corrected chi connectivity index (χ3v) is 2.09. The molecule has 1 amide bonds. The van der Waals surface area contributed by atoms with E-state index in [4.69, 9.17) is 4.74 Å². The molecular formula is C10H18N2O3. The van der Waals surface area contributed by atoms with Crippen molar-refractivity contribution in [3.63, 3.8) is 0 Å². The molecule has 1 atom stereocenters. The number of nitrogens with one attached hydrogen (secondary N) is 1. The van der Waals surface area contributed by atoms with E-state index < -0.39 is 11.7 Å². The minimum Gasteiger partial charge on any atom is -0.443 e. The number of hydrogen-bond acceptors (Lipinski definition) is 4. The lowest BCUT2D eigenvalue weighted by Gasteiger charge is -2.24. The van der Waals surface area contributed by atoms with Gasteiger partial charge < -0.3 is 9.53 Å². The highest BCUT2D eigenvalue weighted by Gasteiger charge is 2.27. The average molecular weight is 214 g/mol. The summed E-state index contributed by atoms with van der Waals surface area (Å²) < 4.78 is 5.08. The maximum atomic E-state index is 11.4. The lowest BCUT2D eigenvalue weighted by molar-refractivity contribution is -0.112. The number of hydrazine groups is 1. The molecule has 1 fully saturated rings. The number of carbonyl (C=O) groups is 2. The highest BCUT2D eigenvalue weighted by Crippen LogP contribution is 2.13. The molecule has 5 nitrogen and oxygen atoms in total. The van der Waals surface area contributed by atoms with Gasteiger partial charge in [0, 0.05) is 6.54 Å². The first-order valence-electron chi connectivity index (χ1n) is 5.14. The highest BCUT2D eigenvalue weighted by atomic mass is 16.6. The summed E-state index contributed by atoms with van der Waals surface area (Å²) in [5, 5.41) is 1.63. The normalized spacial score (nSPS) is 22.5. The molecule has 86 valence electrons. The molecule has 0 bridgehead atoms. The summed E-state index contributed by atoms with van der Waals surface area (Å²) in [6, 6.07) is -0.211. The SMILES string of the molecule is CC(C)(C)OC(=O)NN1CCC[C@H]1C=O. The number of carbonyl (C=O) groups excluding carboxylic acids is 2. The minimum absolute atomic E-state index is 0.211. The zero-order valence-corrected chi connectivity index (χ0v) is 9.45. The van der Waals surface area contributed by atoms with E-state index in [0.29, 0.717) is 6.54 Å². The van der Waals surface area contributed by atoms with Crippen molar-refractivity contribution in [3.8, 4) is 0 Å². The molecule has 0 aromatic rings. The Hall–Kier alpha value is -1.10. The summed E-state index contributed by atoms with van der Waals surface area (Å²) in [5.74, 6) is 0. The molecule has 0 aromatic carbocycles. The second-order valence-electron chi connectivity index (χ2n) is 4.65. The molecule has 0 unspecified atom stereocenters. The molecule has 0 aliphatic carbocycles. The summed E-state index contributed by atoms with van der Waals surface area (Å²) in [7, 11) is 0. The van der Waals surface area contributed by atoms with E-state index in [0.717, 1.165) is 19.1 Å². The third-order valence-electron chi connectivity index (χ3n) is 2.09. The van der Waals surface area contributed by atoms with Gasteiger partial charge in [-0.3, -0.25) is 5.43 Å². The van der Waals surface area contributed by atoms with E-state index in [1.54, 1.807) is 25.8 Å². The third kappa shape index (κ3) is 3.87. The molecule has 15 heavy (non-hydrogen) atoms. The fraction of sp³-hybridized carbons (Fsp3) is 0.800. The van der Waals surface area contributed by atoms with E-state index in [-0.39, 0.29) is 6.04 Å². The molecular weight excluding hydrogens is 196 g/mol. The lowest BCUT2D eigenvalue weighted by Crippen LogP contribution is -2.47. The number of hydrogen-bond donors (Lipinski definition) is 1. The number of rotatable bonds is 2. The summed E-state index contributed by atoms with van der Waals surface area (Å²) >= 11 is 0. The van der Waals surface area contributed by atoms with Gasteiger partial charge in [0.05, 0.1) is 6.04 Å². The maximum absolute atomic E-state index is 11.4. The smallest absolute Gasteiger partial charge is 0.422 e. The van der Waals surface area contributed by atoms with Gasteiger partial charge >= 0.3 is 6.09 Å². The quantitative estimate of drug-likeness (QED) is 0.699. The van der Waals surface area contributed by atoms with Crippen LogP contribution in [-0.4, -0.2) is 35.6 Å². The van der Waals surface area contributed by atoms with Gasteiger partial charge in [-0.15, -0.1) is 0 Å². The second kappa shape index (κ2) is 4.61. The van der Waals surface area contributed by atoms with Crippen LogP contribution < -0.4 is 5.43 Å². The van der Waals surface area contributed by atoms with Gasteiger partial charge in [0.1, 0.15) is 11.9 Å². The summed E-state index contributed by atoms with van der Waals surface area (Å²) in [5.41, 5.74) is 2.06. The van der Waals surface area contributed by atoms with Crippen LogP contribution in [0.2, 0.25) is 0 Å². The predicted molar refractivity (Wildman–Crippen MR) is 55.2 cm³/mol. The van der Waals surface area contributed by atoms with Crippen LogP contribution in [0.4, 0.5) is 4.79 Å². The molecule has 0 radical (unpaired) electrons. The van der Waals surface area contributed by atoms with Crippen LogP contribution in [0.1, 0.15) is 33.6 Å². The van der Waals surface area contributed by atoms with Crippen LogP contribution in [0.5, 0.6) is 0 Å². The van der Waals surface area contributed by atoms with E-state index in [1.807, 2.05) is 0 Å². The summed E-state index contributed by atoms with van der Waals surface area (Å²) in [6.07, 6.45) is 2.05. The van der Waals surface area contributed by atoms with Gasteiger partial charge in [-0.1, -0.05) is 0 Å². The topological polar surface area (TPSA) is 58.6 Å². The van der Waals surface area contributed by atoms with Crippen molar-refractivity contribution in [2.75, 3.05) is 6.54 Å². The van der Waals surface area contributed by atoms with Crippen LogP contribution in [0, 0.1) is 0 Å². The standard InChI is InChI=1S/C10H18N2O3/c1-10(2,3)15-9(14)11-12-6-4-5-8(12)7-13/h7-8H,4-6H2,1-3H3,(H,11,14)/t8-/m0/s1. The Bertz CT molecular complexity index is 248. The van der Waals surface area contributed by atoms with Crippen LogP contribution in [0.3, 0.4) is 0 Å². The molecule has 1 aliphatic rings. The molecule has 0 saturated carbocycles. The van der Waals surface area contributed by atoms with E-state index >= 15 is 0 Å². The Morgan fingerprint density at radius 1 is 1.53 bits per heavy atom. The van der Waals surface area contributed by atoms with Gasteiger partial charge in [-0.25, -0.2) is 9.80 Å². The molecule has 1 saturated heterocycles. The van der Waals surface area contributed by atoms with E-state index in [2.05, 4.69) is 5.43 Å². The van der Waals surface area contributed by atoms with Gasteiger partial charge in [-0.05, 0) is 33.6 Å². The predicted octanol–water partition coefficient (Wildman–Crippen LogP) is 1.09. The van der Waals surface area contributed by atoms with Crippen LogP contribution in [0.25, 0.3) is 0 Å². The van der Waals surface area contributed by atoms with Gasteiger partial charge in [0.2, 0.25) is 0 Å². The molecule has 5 heteroatoms. The fourth-order valence-electron chi connectivity index (χ4n) is 1.49. The van der Waals surface area contributed by atoms with Crippen LogP contribution in [0.15, 0.2) is 0 Å². The second-order valence-corrected chi connectivity index (χ2v) is 4.65. The molecule has 0 aromatic heterocycles. The first kappa shape index (κ1) is 12.0. The highest BCUT2D eigenvalue weighted by molar-refractivity contribution is 5.68. The van der Waals surface area contributed by atoms with E-state index in [9.17, 15) is 9.59 Å².